The fourth-order valence-electron chi connectivity index (χ4n) is 2.22. The molecule has 0 radical (unpaired) electrons. The number of methoxy groups -OCH3 is 1. The van der Waals surface area contributed by atoms with Crippen molar-refractivity contribution in [2.24, 2.45) is 5.41 Å². The SMILES string of the molecule is COCC1(C(=O)NCCCSC)CCNCC1. The van der Waals surface area contributed by atoms with Crippen molar-refractivity contribution in [3.8, 4) is 0 Å². The van der Waals surface area contributed by atoms with Gasteiger partial charge in [0.25, 0.3) is 0 Å². The highest BCUT2D eigenvalue weighted by atomic mass is 32.2. The molecular weight excluding hydrogens is 236 g/mol. The smallest absolute Gasteiger partial charge is 0.228 e. The Morgan fingerprint density at radius 1 is 1.47 bits per heavy atom. The van der Waals surface area contributed by atoms with E-state index >= 15 is 0 Å². The van der Waals surface area contributed by atoms with Crippen LogP contribution in [0.3, 0.4) is 0 Å². The summed E-state index contributed by atoms with van der Waals surface area (Å²) in [5, 5.41) is 6.34. The van der Waals surface area contributed by atoms with Gasteiger partial charge in [-0.15, -0.1) is 0 Å². The van der Waals surface area contributed by atoms with Crippen LogP contribution in [0.1, 0.15) is 19.3 Å². The second-order valence-electron chi connectivity index (χ2n) is 4.57. The maximum Gasteiger partial charge on any atom is 0.228 e. The third kappa shape index (κ3) is 4.48. The lowest BCUT2D eigenvalue weighted by Crippen LogP contribution is -2.50. The topological polar surface area (TPSA) is 50.4 Å². The van der Waals surface area contributed by atoms with Crippen LogP contribution in [0.25, 0.3) is 0 Å². The van der Waals surface area contributed by atoms with Gasteiger partial charge in [-0.05, 0) is 44.4 Å². The molecule has 17 heavy (non-hydrogen) atoms. The molecule has 1 aliphatic heterocycles. The Kier molecular flexibility index (Phi) is 6.92. The number of carbonyl (C=O) groups is 1. The Labute approximate surface area is 108 Å². The number of rotatable bonds is 7. The average Bonchev–Trinajstić information content (AvgIpc) is 2.36. The first-order valence-electron chi connectivity index (χ1n) is 6.22. The fraction of sp³-hybridized carbons (Fsp3) is 0.917. The number of hydrogen-bond donors (Lipinski definition) is 2. The first kappa shape index (κ1) is 14.8. The predicted octanol–water partition coefficient (Wildman–Crippen LogP) is 0.872. The van der Waals surface area contributed by atoms with Crippen LogP contribution >= 0.6 is 11.8 Å². The summed E-state index contributed by atoms with van der Waals surface area (Å²) in [7, 11) is 1.67. The molecule has 0 saturated carbocycles. The summed E-state index contributed by atoms with van der Waals surface area (Å²) in [5.41, 5.74) is -0.306. The van der Waals surface area contributed by atoms with E-state index in [-0.39, 0.29) is 11.3 Å². The monoisotopic (exact) mass is 260 g/mol. The largest absolute Gasteiger partial charge is 0.384 e. The predicted molar refractivity (Wildman–Crippen MR) is 72.4 cm³/mol. The highest BCUT2D eigenvalue weighted by molar-refractivity contribution is 7.98. The number of amides is 1. The van der Waals surface area contributed by atoms with E-state index in [2.05, 4.69) is 16.9 Å². The quantitative estimate of drug-likeness (QED) is 0.667. The van der Waals surface area contributed by atoms with Crippen molar-refractivity contribution in [2.45, 2.75) is 19.3 Å². The zero-order valence-electron chi connectivity index (χ0n) is 10.9. The molecule has 0 aromatic rings. The summed E-state index contributed by atoms with van der Waals surface area (Å²) in [6, 6.07) is 0. The van der Waals surface area contributed by atoms with Gasteiger partial charge in [0, 0.05) is 13.7 Å². The number of thioether (sulfide) groups is 1. The van der Waals surface area contributed by atoms with Gasteiger partial charge in [-0.2, -0.15) is 11.8 Å². The van der Waals surface area contributed by atoms with Crippen LogP contribution in [-0.2, 0) is 9.53 Å². The standard InChI is InChI=1S/C12H24N2O2S/c1-16-10-12(4-7-13-8-5-12)11(15)14-6-3-9-17-2/h13H,3-10H2,1-2H3,(H,14,15). The van der Waals surface area contributed by atoms with E-state index in [1.807, 2.05) is 11.8 Å². The molecule has 1 saturated heterocycles. The van der Waals surface area contributed by atoms with Crippen LogP contribution < -0.4 is 10.6 Å². The Morgan fingerprint density at radius 3 is 2.76 bits per heavy atom. The van der Waals surface area contributed by atoms with Gasteiger partial charge in [-0.3, -0.25) is 4.79 Å². The number of nitrogens with one attached hydrogen (secondary N) is 2. The maximum atomic E-state index is 12.2. The molecule has 1 heterocycles. The van der Waals surface area contributed by atoms with Crippen molar-refractivity contribution in [1.29, 1.82) is 0 Å². The maximum absolute atomic E-state index is 12.2. The van der Waals surface area contributed by atoms with Gasteiger partial charge in [0.1, 0.15) is 0 Å². The van der Waals surface area contributed by atoms with Crippen LogP contribution in [0, 0.1) is 5.41 Å². The molecule has 1 aliphatic rings. The molecule has 1 rings (SSSR count). The van der Waals surface area contributed by atoms with Crippen molar-refractivity contribution in [3.63, 3.8) is 0 Å². The van der Waals surface area contributed by atoms with Gasteiger partial charge < -0.3 is 15.4 Å². The van der Waals surface area contributed by atoms with Gasteiger partial charge in [0.2, 0.25) is 5.91 Å². The molecule has 0 aromatic heterocycles. The van der Waals surface area contributed by atoms with E-state index < -0.39 is 0 Å². The summed E-state index contributed by atoms with van der Waals surface area (Å²) in [5.74, 6) is 1.26. The van der Waals surface area contributed by atoms with Crippen LogP contribution in [0.5, 0.6) is 0 Å². The van der Waals surface area contributed by atoms with Crippen LogP contribution in [-0.4, -0.2) is 51.3 Å². The molecule has 0 spiro atoms. The van der Waals surface area contributed by atoms with Crippen molar-refractivity contribution in [1.82, 2.24) is 10.6 Å². The van der Waals surface area contributed by atoms with Crippen LogP contribution in [0.15, 0.2) is 0 Å². The molecule has 5 heteroatoms. The lowest BCUT2D eigenvalue weighted by atomic mass is 9.78. The average molecular weight is 260 g/mol. The van der Waals surface area contributed by atoms with E-state index in [4.69, 9.17) is 4.74 Å². The minimum Gasteiger partial charge on any atom is -0.384 e. The lowest BCUT2D eigenvalue weighted by molar-refractivity contribution is -0.136. The molecule has 100 valence electrons. The van der Waals surface area contributed by atoms with Gasteiger partial charge in [-0.25, -0.2) is 0 Å². The Bertz CT molecular complexity index is 225. The highest BCUT2D eigenvalue weighted by Crippen LogP contribution is 2.29. The molecule has 0 aromatic carbocycles. The first-order chi connectivity index (χ1) is 8.25. The normalized spacial score (nSPS) is 18.9. The molecule has 1 amide bonds. The summed E-state index contributed by atoms with van der Waals surface area (Å²) < 4.78 is 5.24. The van der Waals surface area contributed by atoms with Gasteiger partial charge in [0.05, 0.1) is 12.0 Å². The van der Waals surface area contributed by atoms with E-state index in [1.165, 1.54) is 0 Å². The van der Waals surface area contributed by atoms with Crippen LogP contribution in [0.2, 0.25) is 0 Å². The zero-order valence-corrected chi connectivity index (χ0v) is 11.7. The third-order valence-corrected chi connectivity index (χ3v) is 3.97. The van der Waals surface area contributed by atoms with Crippen LogP contribution in [0.4, 0.5) is 0 Å². The molecule has 0 unspecified atom stereocenters. The van der Waals surface area contributed by atoms with Crippen molar-refractivity contribution in [3.05, 3.63) is 0 Å². The summed E-state index contributed by atoms with van der Waals surface area (Å²) in [6.07, 6.45) is 4.86. The van der Waals surface area contributed by atoms with Gasteiger partial charge in [-0.1, -0.05) is 0 Å². The number of piperidine rings is 1. The molecule has 4 nitrogen and oxygen atoms in total. The lowest BCUT2D eigenvalue weighted by Gasteiger charge is -2.35. The first-order valence-corrected chi connectivity index (χ1v) is 7.61. The summed E-state index contributed by atoms with van der Waals surface area (Å²) in [6.45, 7) is 3.12. The van der Waals surface area contributed by atoms with Crippen molar-refractivity contribution in [2.75, 3.05) is 45.4 Å². The Hall–Kier alpha value is -0.260. The summed E-state index contributed by atoms with van der Waals surface area (Å²) >= 11 is 1.81. The summed E-state index contributed by atoms with van der Waals surface area (Å²) in [4.78, 5) is 12.2. The molecule has 2 N–H and O–H groups in total. The van der Waals surface area contributed by atoms with E-state index in [0.717, 1.165) is 44.6 Å². The van der Waals surface area contributed by atoms with E-state index in [9.17, 15) is 4.79 Å². The fourth-order valence-corrected chi connectivity index (χ4v) is 2.66. The van der Waals surface area contributed by atoms with E-state index in [0.29, 0.717) is 6.61 Å². The number of carbonyl (C=O) groups excluding carboxylic acids is 1. The van der Waals surface area contributed by atoms with Crippen molar-refractivity contribution >= 4 is 17.7 Å². The molecule has 0 aliphatic carbocycles. The molecular formula is C12H24N2O2S. The zero-order chi connectivity index (χ0) is 12.6. The Balaban J connectivity index is 2.42. The van der Waals surface area contributed by atoms with Crippen molar-refractivity contribution < 1.29 is 9.53 Å². The Morgan fingerprint density at radius 2 is 2.18 bits per heavy atom. The second kappa shape index (κ2) is 7.95. The number of hydrogen-bond acceptors (Lipinski definition) is 4. The van der Waals surface area contributed by atoms with E-state index in [1.54, 1.807) is 7.11 Å². The molecule has 0 atom stereocenters. The highest BCUT2D eigenvalue weighted by Gasteiger charge is 2.39. The minimum absolute atomic E-state index is 0.168. The molecule has 0 bridgehead atoms. The minimum atomic E-state index is -0.306. The third-order valence-electron chi connectivity index (χ3n) is 3.27. The van der Waals surface area contributed by atoms with Gasteiger partial charge in [0.15, 0.2) is 0 Å². The number of ether oxygens (including phenoxy) is 1. The second-order valence-corrected chi connectivity index (χ2v) is 5.55. The van der Waals surface area contributed by atoms with Gasteiger partial charge >= 0.3 is 0 Å². The molecule has 1 fully saturated rings.